The van der Waals surface area contributed by atoms with Gasteiger partial charge < -0.3 is 17.2 Å². The van der Waals surface area contributed by atoms with Crippen molar-refractivity contribution < 1.29 is 9.59 Å². The second-order valence-corrected chi connectivity index (χ2v) is 4.42. The Morgan fingerprint density at radius 3 is 2.35 bits per heavy atom. The molecule has 92 valence electrons. The smallest absolute Gasteiger partial charge is 0.318 e. The standard InChI is InChI=1S/C8H12N6O2S/c1-3(6(15)14-7(11)16)17-8-12-4(9)2-5(10)13-8/h2-3H,1H3,(H4,9,10,12,13)(H3,11,14,15,16). The molecule has 0 aliphatic heterocycles. The molecule has 0 saturated carbocycles. The van der Waals surface area contributed by atoms with Gasteiger partial charge in [-0.2, -0.15) is 0 Å². The number of thioether (sulfide) groups is 1. The number of aromatic nitrogens is 2. The van der Waals surface area contributed by atoms with Gasteiger partial charge in [-0.05, 0) is 6.92 Å². The van der Waals surface area contributed by atoms with Crippen LogP contribution in [0.15, 0.2) is 11.2 Å². The van der Waals surface area contributed by atoms with Gasteiger partial charge in [0.05, 0.1) is 5.25 Å². The van der Waals surface area contributed by atoms with Gasteiger partial charge in [-0.1, -0.05) is 11.8 Å². The van der Waals surface area contributed by atoms with E-state index in [1.165, 1.54) is 6.07 Å². The van der Waals surface area contributed by atoms with Crippen molar-refractivity contribution in [2.45, 2.75) is 17.3 Å². The summed E-state index contributed by atoms with van der Waals surface area (Å²) in [4.78, 5) is 29.6. The number of carbonyl (C=O) groups is 2. The van der Waals surface area contributed by atoms with Gasteiger partial charge in [0.2, 0.25) is 5.91 Å². The largest absolute Gasteiger partial charge is 0.383 e. The molecule has 0 aliphatic rings. The normalized spacial score (nSPS) is 11.8. The SMILES string of the molecule is CC(Sc1nc(N)cc(N)n1)C(=O)NC(N)=O. The molecular weight excluding hydrogens is 244 g/mol. The molecule has 1 unspecified atom stereocenters. The lowest BCUT2D eigenvalue weighted by atomic mass is 10.4. The zero-order chi connectivity index (χ0) is 13.0. The minimum Gasteiger partial charge on any atom is -0.383 e. The molecule has 8 nitrogen and oxygen atoms in total. The monoisotopic (exact) mass is 256 g/mol. The lowest BCUT2D eigenvalue weighted by Crippen LogP contribution is -2.39. The van der Waals surface area contributed by atoms with Crippen molar-refractivity contribution in [2.75, 3.05) is 11.5 Å². The van der Waals surface area contributed by atoms with Crippen LogP contribution in [0.3, 0.4) is 0 Å². The highest BCUT2D eigenvalue weighted by molar-refractivity contribution is 8.00. The van der Waals surface area contributed by atoms with Crippen molar-refractivity contribution in [3.8, 4) is 0 Å². The number of hydrogen-bond acceptors (Lipinski definition) is 7. The van der Waals surface area contributed by atoms with Crippen molar-refractivity contribution >= 4 is 35.3 Å². The Labute approximate surface area is 101 Å². The van der Waals surface area contributed by atoms with Crippen LogP contribution in [0.5, 0.6) is 0 Å². The van der Waals surface area contributed by atoms with Gasteiger partial charge in [0.1, 0.15) is 11.6 Å². The van der Waals surface area contributed by atoms with Gasteiger partial charge in [-0.15, -0.1) is 0 Å². The number of hydrogen-bond donors (Lipinski definition) is 4. The first-order chi connectivity index (χ1) is 7.88. The van der Waals surface area contributed by atoms with E-state index >= 15 is 0 Å². The zero-order valence-electron chi connectivity index (χ0n) is 9.01. The first kappa shape index (κ1) is 13.0. The summed E-state index contributed by atoms with van der Waals surface area (Å²) in [5, 5.41) is 1.62. The number of anilines is 2. The molecule has 0 aliphatic carbocycles. The van der Waals surface area contributed by atoms with Crippen LogP contribution in [0.4, 0.5) is 16.4 Å². The molecule has 3 amide bonds. The van der Waals surface area contributed by atoms with Crippen molar-refractivity contribution in [3.63, 3.8) is 0 Å². The average molecular weight is 256 g/mol. The van der Waals surface area contributed by atoms with Crippen molar-refractivity contribution in [2.24, 2.45) is 5.73 Å². The van der Waals surface area contributed by atoms with E-state index in [1.54, 1.807) is 6.92 Å². The van der Waals surface area contributed by atoms with Gasteiger partial charge in [0.25, 0.3) is 0 Å². The number of rotatable bonds is 3. The lowest BCUT2D eigenvalue weighted by Gasteiger charge is -2.09. The number of nitrogens with two attached hydrogens (primary N) is 3. The van der Waals surface area contributed by atoms with Gasteiger partial charge in [0.15, 0.2) is 5.16 Å². The molecule has 1 aromatic heterocycles. The number of imide groups is 1. The summed E-state index contributed by atoms with van der Waals surface area (Å²) >= 11 is 1.02. The van der Waals surface area contributed by atoms with E-state index in [1.807, 2.05) is 5.32 Å². The van der Waals surface area contributed by atoms with E-state index in [9.17, 15) is 9.59 Å². The van der Waals surface area contributed by atoms with Gasteiger partial charge in [0, 0.05) is 6.07 Å². The highest BCUT2D eigenvalue weighted by Crippen LogP contribution is 2.21. The molecule has 9 heteroatoms. The number of carbonyl (C=O) groups excluding carboxylic acids is 2. The van der Waals surface area contributed by atoms with Crippen LogP contribution < -0.4 is 22.5 Å². The molecule has 0 saturated heterocycles. The number of nitrogens with zero attached hydrogens (tertiary/aromatic N) is 2. The number of nitrogens with one attached hydrogen (secondary N) is 1. The fraction of sp³-hybridized carbons (Fsp3) is 0.250. The molecule has 0 bridgehead atoms. The number of primary amides is 1. The highest BCUT2D eigenvalue weighted by atomic mass is 32.2. The molecule has 1 rings (SSSR count). The van der Waals surface area contributed by atoms with E-state index < -0.39 is 17.2 Å². The van der Waals surface area contributed by atoms with Crippen LogP contribution in [0.2, 0.25) is 0 Å². The molecule has 0 spiro atoms. The van der Waals surface area contributed by atoms with Gasteiger partial charge in [-0.3, -0.25) is 10.1 Å². The summed E-state index contributed by atoms with van der Waals surface area (Å²) < 4.78 is 0. The molecule has 0 aromatic carbocycles. The first-order valence-corrected chi connectivity index (χ1v) is 5.43. The molecule has 0 fully saturated rings. The summed E-state index contributed by atoms with van der Waals surface area (Å²) in [7, 11) is 0. The Hall–Kier alpha value is -2.03. The third-order valence-corrected chi connectivity index (χ3v) is 2.60. The molecule has 1 heterocycles. The minimum absolute atomic E-state index is 0.211. The Kier molecular flexibility index (Phi) is 4.10. The summed E-state index contributed by atoms with van der Waals surface area (Å²) in [6.07, 6.45) is 0. The second-order valence-electron chi connectivity index (χ2n) is 3.11. The molecular formula is C8H12N6O2S. The zero-order valence-corrected chi connectivity index (χ0v) is 9.82. The van der Waals surface area contributed by atoms with Crippen LogP contribution >= 0.6 is 11.8 Å². The predicted molar refractivity (Wildman–Crippen MR) is 63.9 cm³/mol. The van der Waals surface area contributed by atoms with Gasteiger partial charge >= 0.3 is 6.03 Å². The van der Waals surface area contributed by atoms with E-state index in [0.717, 1.165) is 11.8 Å². The van der Waals surface area contributed by atoms with Crippen molar-refractivity contribution in [1.29, 1.82) is 0 Å². The third-order valence-electron chi connectivity index (χ3n) is 1.64. The maximum atomic E-state index is 11.4. The Morgan fingerprint density at radius 1 is 1.35 bits per heavy atom. The highest BCUT2D eigenvalue weighted by Gasteiger charge is 2.17. The summed E-state index contributed by atoms with van der Waals surface area (Å²) in [5.41, 5.74) is 15.8. The molecule has 1 aromatic rings. The molecule has 1 atom stereocenters. The van der Waals surface area contributed by atoms with Crippen LogP contribution in [0, 0.1) is 0 Å². The fourth-order valence-corrected chi connectivity index (χ4v) is 1.75. The van der Waals surface area contributed by atoms with Crippen LogP contribution in [0.1, 0.15) is 6.92 Å². The summed E-state index contributed by atoms with van der Waals surface area (Å²) in [5.74, 6) is -0.114. The second kappa shape index (κ2) is 5.34. The topological polar surface area (TPSA) is 150 Å². The van der Waals surface area contributed by atoms with E-state index in [0.29, 0.717) is 0 Å². The number of amides is 3. The van der Waals surface area contributed by atoms with E-state index in [-0.39, 0.29) is 16.8 Å². The van der Waals surface area contributed by atoms with Crippen molar-refractivity contribution in [1.82, 2.24) is 15.3 Å². The van der Waals surface area contributed by atoms with E-state index in [4.69, 9.17) is 17.2 Å². The molecule has 0 radical (unpaired) electrons. The Bertz CT molecular complexity index is 431. The number of nitrogen functional groups attached to an aromatic ring is 2. The summed E-state index contributed by atoms with van der Waals surface area (Å²) in [6, 6.07) is 0.494. The van der Waals surface area contributed by atoms with E-state index in [2.05, 4.69) is 9.97 Å². The average Bonchev–Trinajstić information content (AvgIpc) is 2.14. The third kappa shape index (κ3) is 4.15. The van der Waals surface area contributed by atoms with Crippen LogP contribution in [-0.2, 0) is 4.79 Å². The quantitative estimate of drug-likeness (QED) is 0.413. The Morgan fingerprint density at radius 2 is 1.88 bits per heavy atom. The Balaban J connectivity index is 2.70. The maximum Gasteiger partial charge on any atom is 0.318 e. The first-order valence-electron chi connectivity index (χ1n) is 4.55. The van der Waals surface area contributed by atoms with Crippen LogP contribution in [-0.4, -0.2) is 27.2 Å². The molecule has 7 N–H and O–H groups in total. The molecule has 17 heavy (non-hydrogen) atoms. The number of urea groups is 1. The van der Waals surface area contributed by atoms with Gasteiger partial charge in [-0.25, -0.2) is 14.8 Å². The predicted octanol–water partition coefficient (Wildman–Crippen LogP) is -0.683. The summed E-state index contributed by atoms with van der Waals surface area (Å²) in [6.45, 7) is 1.58. The lowest BCUT2D eigenvalue weighted by molar-refractivity contribution is -0.119. The maximum absolute atomic E-state index is 11.4. The minimum atomic E-state index is -0.907. The van der Waals surface area contributed by atoms with Crippen LogP contribution in [0.25, 0.3) is 0 Å². The fourth-order valence-electron chi connectivity index (χ4n) is 0.949. The van der Waals surface area contributed by atoms with Crippen molar-refractivity contribution in [3.05, 3.63) is 6.07 Å².